The number of benzene rings is 1. The molecule has 1 heterocycles. The maximum atomic E-state index is 5.47. The van der Waals surface area contributed by atoms with E-state index in [0.717, 1.165) is 21.6 Å². The molecule has 3 nitrogen and oxygen atoms in total. The highest BCUT2D eigenvalue weighted by molar-refractivity contribution is 9.10. The van der Waals surface area contributed by atoms with Gasteiger partial charge in [-0.15, -0.1) is 0 Å². The van der Waals surface area contributed by atoms with Crippen molar-refractivity contribution in [1.29, 1.82) is 0 Å². The van der Waals surface area contributed by atoms with Crippen LogP contribution in [-0.2, 0) is 6.54 Å². The number of aryl methyl sites for hydroxylation is 1. The fourth-order valence-corrected chi connectivity index (χ4v) is 2.02. The van der Waals surface area contributed by atoms with Crippen LogP contribution in [0.3, 0.4) is 0 Å². The number of aromatic nitrogens is 1. The van der Waals surface area contributed by atoms with Crippen LogP contribution >= 0.6 is 15.9 Å². The summed E-state index contributed by atoms with van der Waals surface area (Å²) in [6.07, 6.45) is 1.81. The molecule has 0 aliphatic heterocycles. The van der Waals surface area contributed by atoms with Gasteiger partial charge in [-0.3, -0.25) is 4.98 Å². The predicted octanol–water partition coefficient (Wildman–Crippen LogP) is 4.16. The van der Waals surface area contributed by atoms with E-state index in [1.54, 1.807) is 0 Å². The lowest BCUT2D eigenvalue weighted by Crippen LogP contribution is -2.03. The Morgan fingerprint density at radius 3 is 2.74 bits per heavy atom. The lowest BCUT2D eigenvalue weighted by Gasteiger charge is -2.11. The van der Waals surface area contributed by atoms with E-state index in [9.17, 15) is 0 Å². The molecule has 0 aliphatic carbocycles. The van der Waals surface area contributed by atoms with Gasteiger partial charge < -0.3 is 10.1 Å². The number of hydrogen-bond acceptors (Lipinski definition) is 3. The second kappa shape index (κ2) is 6.57. The third-order valence-electron chi connectivity index (χ3n) is 2.76. The molecule has 0 amide bonds. The minimum atomic E-state index is 0.690. The monoisotopic (exact) mass is 320 g/mol. The minimum Gasteiger partial charge on any atom is -0.494 e. The Morgan fingerprint density at radius 2 is 2.11 bits per heavy atom. The molecule has 0 fully saturated rings. The lowest BCUT2D eigenvalue weighted by molar-refractivity contribution is 0.340. The van der Waals surface area contributed by atoms with Crippen molar-refractivity contribution in [1.82, 2.24) is 4.98 Å². The normalized spacial score (nSPS) is 10.3. The van der Waals surface area contributed by atoms with Crippen molar-refractivity contribution in [2.75, 3.05) is 11.9 Å². The van der Waals surface area contributed by atoms with E-state index in [2.05, 4.69) is 33.2 Å². The summed E-state index contributed by atoms with van der Waals surface area (Å²) in [6.45, 7) is 5.46. The Hall–Kier alpha value is -1.55. The maximum absolute atomic E-state index is 5.47. The number of halogens is 1. The smallest absolute Gasteiger partial charge is 0.119 e. The Balaban J connectivity index is 2.01. The molecule has 2 aromatic rings. The first-order valence-corrected chi connectivity index (χ1v) is 7.06. The van der Waals surface area contributed by atoms with Crippen molar-refractivity contribution in [3.05, 3.63) is 52.3 Å². The highest BCUT2D eigenvalue weighted by Crippen LogP contribution is 2.21. The summed E-state index contributed by atoms with van der Waals surface area (Å²) in [5.41, 5.74) is 3.28. The van der Waals surface area contributed by atoms with Crippen LogP contribution in [0.2, 0.25) is 0 Å². The van der Waals surface area contributed by atoms with Crippen LogP contribution in [0.25, 0.3) is 0 Å². The standard InChI is InChI=1S/C15H17BrN2O/c1-3-19-14-6-7-15(11(2)8-14)18-10-13-5-4-12(16)9-17-13/h4-9,18H,3,10H2,1-2H3. The van der Waals surface area contributed by atoms with Crippen LogP contribution in [0.15, 0.2) is 41.0 Å². The minimum absolute atomic E-state index is 0.690. The fourth-order valence-electron chi connectivity index (χ4n) is 1.79. The zero-order valence-electron chi connectivity index (χ0n) is 11.1. The lowest BCUT2D eigenvalue weighted by atomic mass is 10.2. The van der Waals surface area contributed by atoms with Gasteiger partial charge in [-0.25, -0.2) is 0 Å². The van der Waals surface area contributed by atoms with Gasteiger partial charge in [0.25, 0.3) is 0 Å². The van der Waals surface area contributed by atoms with Crippen LogP contribution < -0.4 is 10.1 Å². The summed E-state index contributed by atoms with van der Waals surface area (Å²) in [5.74, 6) is 0.910. The molecule has 2 rings (SSSR count). The van der Waals surface area contributed by atoms with Crippen LogP contribution in [0.1, 0.15) is 18.2 Å². The average molecular weight is 321 g/mol. The molecule has 100 valence electrons. The molecule has 0 radical (unpaired) electrons. The Labute approximate surface area is 122 Å². The number of anilines is 1. The maximum Gasteiger partial charge on any atom is 0.119 e. The van der Waals surface area contributed by atoms with Crippen molar-refractivity contribution in [2.45, 2.75) is 20.4 Å². The summed E-state index contributed by atoms with van der Waals surface area (Å²) >= 11 is 3.38. The van der Waals surface area contributed by atoms with Gasteiger partial charge in [-0.05, 0) is 65.7 Å². The number of hydrogen-bond donors (Lipinski definition) is 1. The number of rotatable bonds is 5. The van der Waals surface area contributed by atoms with Crippen molar-refractivity contribution in [3.63, 3.8) is 0 Å². The van der Waals surface area contributed by atoms with E-state index in [-0.39, 0.29) is 0 Å². The van der Waals surface area contributed by atoms with Gasteiger partial charge in [-0.2, -0.15) is 0 Å². The van der Waals surface area contributed by atoms with E-state index in [4.69, 9.17) is 4.74 Å². The second-order valence-electron chi connectivity index (χ2n) is 4.23. The van der Waals surface area contributed by atoms with Crippen molar-refractivity contribution in [3.8, 4) is 5.75 Å². The third-order valence-corrected chi connectivity index (χ3v) is 3.23. The van der Waals surface area contributed by atoms with Crippen LogP contribution in [0.4, 0.5) is 5.69 Å². The van der Waals surface area contributed by atoms with E-state index in [0.29, 0.717) is 13.2 Å². The average Bonchev–Trinajstić information content (AvgIpc) is 2.40. The molecule has 0 saturated heterocycles. The third kappa shape index (κ3) is 3.96. The van der Waals surface area contributed by atoms with Crippen LogP contribution in [0.5, 0.6) is 5.75 Å². The number of nitrogens with zero attached hydrogens (tertiary/aromatic N) is 1. The first-order valence-electron chi connectivity index (χ1n) is 6.27. The summed E-state index contributed by atoms with van der Waals surface area (Å²) in [5, 5.41) is 3.38. The Bertz CT molecular complexity index is 540. The first kappa shape index (κ1) is 13.9. The van der Waals surface area contributed by atoms with Gasteiger partial charge in [0.05, 0.1) is 18.8 Å². The molecule has 19 heavy (non-hydrogen) atoms. The van der Waals surface area contributed by atoms with Gasteiger partial charge in [0.1, 0.15) is 5.75 Å². The topological polar surface area (TPSA) is 34.1 Å². The molecule has 0 unspecified atom stereocenters. The van der Waals surface area contributed by atoms with E-state index in [1.165, 1.54) is 5.56 Å². The molecule has 0 atom stereocenters. The number of ether oxygens (including phenoxy) is 1. The number of nitrogens with one attached hydrogen (secondary N) is 1. The predicted molar refractivity (Wildman–Crippen MR) is 81.6 cm³/mol. The van der Waals surface area contributed by atoms with E-state index < -0.39 is 0 Å². The molecule has 4 heteroatoms. The SMILES string of the molecule is CCOc1ccc(NCc2ccc(Br)cn2)c(C)c1. The zero-order valence-corrected chi connectivity index (χ0v) is 12.7. The summed E-state index contributed by atoms with van der Waals surface area (Å²) < 4.78 is 6.47. The molecular weight excluding hydrogens is 304 g/mol. The summed E-state index contributed by atoms with van der Waals surface area (Å²) in [6, 6.07) is 10.1. The molecule has 1 aromatic heterocycles. The van der Waals surface area contributed by atoms with Gasteiger partial charge in [-0.1, -0.05) is 0 Å². The molecule has 0 bridgehead atoms. The Kier molecular flexibility index (Phi) is 4.80. The molecule has 0 saturated carbocycles. The molecule has 1 N–H and O–H groups in total. The van der Waals surface area contributed by atoms with Crippen molar-refractivity contribution < 1.29 is 4.74 Å². The molecule has 0 spiro atoms. The van der Waals surface area contributed by atoms with Crippen molar-refractivity contribution >= 4 is 21.6 Å². The van der Waals surface area contributed by atoms with Gasteiger partial charge in [0, 0.05) is 16.4 Å². The molecule has 1 aromatic carbocycles. The highest BCUT2D eigenvalue weighted by atomic mass is 79.9. The first-order chi connectivity index (χ1) is 9.19. The molecule has 0 aliphatic rings. The quantitative estimate of drug-likeness (QED) is 0.898. The van der Waals surface area contributed by atoms with E-state index in [1.807, 2.05) is 43.5 Å². The summed E-state index contributed by atoms with van der Waals surface area (Å²) in [4.78, 5) is 4.34. The van der Waals surface area contributed by atoms with Crippen molar-refractivity contribution in [2.24, 2.45) is 0 Å². The van der Waals surface area contributed by atoms with E-state index >= 15 is 0 Å². The Morgan fingerprint density at radius 1 is 1.26 bits per heavy atom. The molecular formula is C15H17BrN2O. The van der Waals surface area contributed by atoms with Gasteiger partial charge in [0.2, 0.25) is 0 Å². The zero-order chi connectivity index (χ0) is 13.7. The number of pyridine rings is 1. The fraction of sp³-hybridized carbons (Fsp3) is 0.267. The second-order valence-corrected chi connectivity index (χ2v) is 5.15. The van der Waals surface area contributed by atoms with Gasteiger partial charge in [0.15, 0.2) is 0 Å². The van der Waals surface area contributed by atoms with Crippen LogP contribution in [0, 0.1) is 6.92 Å². The van der Waals surface area contributed by atoms with Crippen LogP contribution in [-0.4, -0.2) is 11.6 Å². The largest absolute Gasteiger partial charge is 0.494 e. The highest BCUT2D eigenvalue weighted by Gasteiger charge is 2.01. The van der Waals surface area contributed by atoms with Gasteiger partial charge >= 0.3 is 0 Å². The summed E-state index contributed by atoms with van der Waals surface area (Å²) in [7, 11) is 0.